The molecule has 1 aliphatic rings. The molecule has 4 nitrogen and oxygen atoms in total. The Morgan fingerprint density at radius 2 is 1.82 bits per heavy atom. The van der Waals surface area contributed by atoms with Crippen LogP contribution < -0.4 is 4.90 Å². The van der Waals surface area contributed by atoms with Crippen molar-refractivity contribution in [2.45, 2.75) is 13.5 Å². The van der Waals surface area contributed by atoms with Crippen LogP contribution in [0.1, 0.15) is 5.69 Å². The minimum absolute atomic E-state index is 0.172. The number of aryl methyl sites for hydroxylation is 1. The molecule has 0 unspecified atom stereocenters. The van der Waals surface area contributed by atoms with E-state index in [1.54, 1.807) is 6.07 Å². The molecule has 0 amide bonds. The van der Waals surface area contributed by atoms with Crippen molar-refractivity contribution in [1.29, 1.82) is 5.41 Å². The summed E-state index contributed by atoms with van der Waals surface area (Å²) in [6, 6.07) is 10.9. The monoisotopic (exact) mass is 300 g/mol. The highest BCUT2D eigenvalue weighted by Gasteiger charge is 2.21. The van der Waals surface area contributed by atoms with Gasteiger partial charge in [0.1, 0.15) is 11.7 Å². The minimum atomic E-state index is -0.172. The van der Waals surface area contributed by atoms with E-state index in [2.05, 4.69) is 14.4 Å². The van der Waals surface area contributed by atoms with Crippen LogP contribution in [0.25, 0.3) is 0 Å². The van der Waals surface area contributed by atoms with Gasteiger partial charge in [0.05, 0.1) is 12.2 Å². The Morgan fingerprint density at radius 1 is 1.09 bits per heavy atom. The smallest absolute Gasteiger partial charge is 0.146 e. The number of aromatic nitrogens is 1. The second-order valence-corrected chi connectivity index (χ2v) is 5.65. The zero-order chi connectivity index (χ0) is 15.5. The predicted octanol–water partition coefficient (Wildman–Crippen LogP) is 2.74. The van der Waals surface area contributed by atoms with E-state index in [0.29, 0.717) is 18.1 Å². The fourth-order valence-electron chi connectivity index (χ4n) is 2.86. The number of benzene rings is 1. The van der Waals surface area contributed by atoms with Crippen LogP contribution in [-0.2, 0) is 6.54 Å². The standard InChI is InChI=1S/C17H21FN4/c1-14-5-4-8-22(14)13-17(19)21-11-9-20(10-12-21)16-7-3-2-6-15(16)18/h2-8,19H,9-13H2,1H3. The molecule has 1 fully saturated rings. The Kier molecular flexibility index (Phi) is 4.13. The van der Waals surface area contributed by atoms with Crippen molar-refractivity contribution in [2.75, 3.05) is 31.1 Å². The van der Waals surface area contributed by atoms with Crippen LogP contribution in [0.2, 0.25) is 0 Å². The van der Waals surface area contributed by atoms with Gasteiger partial charge in [-0.25, -0.2) is 4.39 Å². The van der Waals surface area contributed by atoms with Crippen molar-refractivity contribution in [2.24, 2.45) is 0 Å². The first-order chi connectivity index (χ1) is 10.6. The summed E-state index contributed by atoms with van der Waals surface area (Å²) < 4.78 is 15.9. The molecule has 2 heterocycles. The van der Waals surface area contributed by atoms with E-state index in [0.717, 1.165) is 31.9 Å². The fourth-order valence-corrected chi connectivity index (χ4v) is 2.86. The van der Waals surface area contributed by atoms with Gasteiger partial charge in [-0.3, -0.25) is 5.41 Å². The molecule has 0 saturated carbocycles. The number of amidine groups is 1. The molecule has 22 heavy (non-hydrogen) atoms. The van der Waals surface area contributed by atoms with E-state index < -0.39 is 0 Å². The fraction of sp³-hybridized carbons (Fsp3) is 0.353. The number of rotatable bonds is 3. The van der Waals surface area contributed by atoms with Gasteiger partial charge >= 0.3 is 0 Å². The number of piperazine rings is 1. The second kappa shape index (κ2) is 6.22. The lowest BCUT2D eigenvalue weighted by molar-refractivity contribution is 0.371. The third kappa shape index (κ3) is 2.98. The van der Waals surface area contributed by atoms with Crippen molar-refractivity contribution in [3.8, 4) is 0 Å². The van der Waals surface area contributed by atoms with Crippen LogP contribution in [0.3, 0.4) is 0 Å². The summed E-state index contributed by atoms with van der Waals surface area (Å²) in [6.07, 6.45) is 2.00. The summed E-state index contributed by atoms with van der Waals surface area (Å²) in [5.74, 6) is 0.446. The number of hydrogen-bond acceptors (Lipinski definition) is 2. The molecule has 1 N–H and O–H groups in total. The Balaban J connectivity index is 1.59. The summed E-state index contributed by atoms with van der Waals surface area (Å²) in [7, 11) is 0. The first-order valence-electron chi connectivity index (χ1n) is 7.59. The van der Waals surface area contributed by atoms with E-state index in [4.69, 9.17) is 5.41 Å². The Labute approximate surface area is 130 Å². The van der Waals surface area contributed by atoms with Gasteiger partial charge in [0, 0.05) is 38.1 Å². The van der Waals surface area contributed by atoms with Crippen LogP contribution >= 0.6 is 0 Å². The summed E-state index contributed by atoms with van der Waals surface area (Å²) in [5.41, 5.74) is 1.82. The summed E-state index contributed by atoms with van der Waals surface area (Å²) >= 11 is 0. The quantitative estimate of drug-likeness (QED) is 0.699. The molecule has 1 saturated heterocycles. The van der Waals surface area contributed by atoms with Gasteiger partial charge in [0.25, 0.3) is 0 Å². The normalized spacial score (nSPS) is 15.2. The molecule has 1 aliphatic heterocycles. The van der Waals surface area contributed by atoms with Gasteiger partial charge in [0.15, 0.2) is 0 Å². The lowest BCUT2D eigenvalue weighted by atomic mass is 10.2. The van der Waals surface area contributed by atoms with Crippen LogP contribution in [-0.4, -0.2) is 41.5 Å². The molecule has 0 aliphatic carbocycles. The SMILES string of the molecule is Cc1cccn1CC(=N)N1CCN(c2ccccc2F)CC1. The van der Waals surface area contributed by atoms with Gasteiger partial charge in [0.2, 0.25) is 0 Å². The van der Waals surface area contributed by atoms with Crippen LogP contribution in [0.5, 0.6) is 0 Å². The number of nitrogens with zero attached hydrogens (tertiary/aromatic N) is 3. The van der Waals surface area contributed by atoms with Crippen LogP contribution in [0.15, 0.2) is 42.6 Å². The lowest BCUT2D eigenvalue weighted by Crippen LogP contribution is -2.49. The third-order valence-corrected chi connectivity index (χ3v) is 4.23. The third-order valence-electron chi connectivity index (χ3n) is 4.23. The highest BCUT2D eigenvalue weighted by molar-refractivity contribution is 5.79. The predicted molar refractivity (Wildman–Crippen MR) is 87.1 cm³/mol. The molecule has 2 aromatic rings. The van der Waals surface area contributed by atoms with Crippen LogP contribution in [0.4, 0.5) is 10.1 Å². The molecule has 0 spiro atoms. The zero-order valence-electron chi connectivity index (χ0n) is 12.8. The van der Waals surface area contributed by atoms with Crippen molar-refractivity contribution in [1.82, 2.24) is 9.47 Å². The van der Waals surface area contributed by atoms with Gasteiger partial charge < -0.3 is 14.4 Å². The number of para-hydroxylation sites is 1. The molecular weight excluding hydrogens is 279 g/mol. The summed E-state index contributed by atoms with van der Waals surface area (Å²) in [6.45, 7) is 5.64. The zero-order valence-corrected chi connectivity index (χ0v) is 12.8. The number of hydrogen-bond donors (Lipinski definition) is 1. The molecule has 3 rings (SSSR count). The van der Waals surface area contributed by atoms with Crippen molar-refractivity contribution in [3.63, 3.8) is 0 Å². The molecule has 0 bridgehead atoms. The minimum Gasteiger partial charge on any atom is -0.366 e. The van der Waals surface area contributed by atoms with E-state index in [1.807, 2.05) is 37.4 Å². The molecule has 0 radical (unpaired) electrons. The highest BCUT2D eigenvalue weighted by Crippen LogP contribution is 2.20. The maximum atomic E-state index is 13.8. The van der Waals surface area contributed by atoms with E-state index in [-0.39, 0.29) is 5.82 Å². The maximum absolute atomic E-state index is 13.8. The maximum Gasteiger partial charge on any atom is 0.146 e. The largest absolute Gasteiger partial charge is 0.366 e. The van der Waals surface area contributed by atoms with E-state index >= 15 is 0 Å². The van der Waals surface area contributed by atoms with Crippen molar-refractivity contribution < 1.29 is 4.39 Å². The second-order valence-electron chi connectivity index (χ2n) is 5.65. The number of nitrogens with one attached hydrogen (secondary N) is 1. The molecule has 1 aromatic carbocycles. The molecule has 5 heteroatoms. The molecule has 116 valence electrons. The molecule has 1 aromatic heterocycles. The number of halogens is 1. The first kappa shape index (κ1) is 14.6. The number of anilines is 1. The van der Waals surface area contributed by atoms with Crippen molar-refractivity contribution in [3.05, 3.63) is 54.1 Å². The van der Waals surface area contributed by atoms with Crippen LogP contribution in [0, 0.1) is 18.2 Å². The molecular formula is C17H21FN4. The highest BCUT2D eigenvalue weighted by atomic mass is 19.1. The Hall–Kier alpha value is -2.30. The van der Waals surface area contributed by atoms with E-state index in [9.17, 15) is 4.39 Å². The topological polar surface area (TPSA) is 35.3 Å². The van der Waals surface area contributed by atoms with Gasteiger partial charge in [-0.05, 0) is 31.2 Å². The molecule has 0 atom stereocenters. The average Bonchev–Trinajstić information content (AvgIpc) is 2.93. The Bertz CT molecular complexity index is 656. The van der Waals surface area contributed by atoms with E-state index in [1.165, 1.54) is 6.07 Å². The average molecular weight is 300 g/mol. The Morgan fingerprint density at radius 3 is 2.45 bits per heavy atom. The van der Waals surface area contributed by atoms with Gasteiger partial charge in [-0.1, -0.05) is 12.1 Å². The van der Waals surface area contributed by atoms with Gasteiger partial charge in [-0.2, -0.15) is 0 Å². The summed E-state index contributed by atoms with van der Waals surface area (Å²) in [4.78, 5) is 4.14. The summed E-state index contributed by atoms with van der Waals surface area (Å²) in [5, 5.41) is 8.28. The van der Waals surface area contributed by atoms with Gasteiger partial charge in [-0.15, -0.1) is 0 Å². The first-order valence-corrected chi connectivity index (χ1v) is 7.59. The van der Waals surface area contributed by atoms with Crippen molar-refractivity contribution >= 4 is 11.5 Å². The lowest BCUT2D eigenvalue weighted by Gasteiger charge is -2.37.